The minimum atomic E-state index is -3.90. The van der Waals surface area contributed by atoms with Crippen molar-refractivity contribution in [3.8, 4) is 0 Å². The Morgan fingerprint density at radius 3 is 2.54 bits per heavy atom. The van der Waals surface area contributed by atoms with E-state index in [9.17, 15) is 8.42 Å². The lowest BCUT2D eigenvalue weighted by molar-refractivity contribution is 0.381. The topological polar surface area (TPSA) is 85.1 Å². The van der Waals surface area contributed by atoms with Crippen molar-refractivity contribution >= 4 is 38.9 Å². The molecule has 9 heteroatoms. The van der Waals surface area contributed by atoms with Crippen molar-refractivity contribution < 1.29 is 12.9 Å². The van der Waals surface area contributed by atoms with Crippen LogP contribution < -0.4 is 4.72 Å². The summed E-state index contributed by atoms with van der Waals surface area (Å²) in [7, 11) is -3.90. The molecule has 0 bridgehead atoms. The molecule has 3 aromatic rings. The van der Waals surface area contributed by atoms with Gasteiger partial charge in [-0.3, -0.25) is 4.72 Å². The van der Waals surface area contributed by atoms with E-state index in [1.807, 2.05) is 0 Å². The third-order valence-electron chi connectivity index (χ3n) is 3.68. The first-order valence-electron chi connectivity index (χ1n) is 7.62. The average Bonchev–Trinajstić information content (AvgIpc) is 2.97. The summed E-state index contributed by atoms with van der Waals surface area (Å²) in [5.41, 5.74) is 1.72. The largest absolute Gasteiger partial charge is 0.339 e. The maximum Gasteiger partial charge on any atom is 0.263 e. The highest BCUT2D eigenvalue weighted by Crippen LogP contribution is 2.30. The second-order valence-electron chi connectivity index (χ2n) is 5.71. The third kappa shape index (κ3) is 4.00. The van der Waals surface area contributed by atoms with Gasteiger partial charge in [-0.1, -0.05) is 46.6 Å². The van der Waals surface area contributed by atoms with Crippen molar-refractivity contribution in [2.75, 3.05) is 4.72 Å². The van der Waals surface area contributed by atoms with Crippen LogP contribution in [-0.2, 0) is 16.4 Å². The molecule has 0 fully saturated rings. The summed E-state index contributed by atoms with van der Waals surface area (Å²) in [6, 6.07) is 9.83. The van der Waals surface area contributed by atoms with Crippen molar-refractivity contribution in [3.05, 3.63) is 69.3 Å². The van der Waals surface area contributed by atoms with E-state index in [0.29, 0.717) is 40.0 Å². The smallest absolute Gasteiger partial charge is 0.263 e. The zero-order valence-corrected chi connectivity index (χ0v) is 16.3. The zero-order valence-electron chi connectivity index (χ0n) is 14.0. The van der Waals surface area contributed by atoms with Gasteiger partial charge < -0.3 is 4.52 Å². The van der Waals surface area contributed by atoms with E-state index in [2.05, 4.69) is 14.9 Å². The van der Waals surface area contributed by atoms with Gasteiger partial charge in [0.05, 0.1) is 17.1 Å². The second kappa shape index (κ2) is 7.26. The van der Waals surface area contributed by atoms with E-state index in [0.717, 1.165) is 0 Å². The molecule has 26 heavy (non-hydrogen) atoms. The molecular weight excluding hydrogens is 397 g/mol. The first kappa shape index (κ1) is 18.7. The van der Waals surface area contributed by atoms with Crippen LogP contribution in [0.1, 0.15) is 22.8 Å². The molecule has 0 amide bonds. The summed E-state index contributed by atoms with van der Waals surface area (Å²) in [4.78, 5) is 4.11. The Balaban J connectivity index is 1.95. The van der Waals surface area contributed by atoms with E-state index in [-0.39, 0.29) is 9.92 Å². The van der Waals surface area contributed by atoms with Crippen molar-refractivity contribution in [3.63, 3.8) is 0 Å². The molecular formula is C17H15Cl2N3O3S. The van der Waals surface area contributed by atoms with Crippen molar-refractivity contribution in [1.29, 1.82) is 0 Å². The zero-order chi connectivity index (χ0) is 18.9. The molecule has 3 rings (SSSR count). The molecule has 0 aliphatic heterocycles. The Bertz CT molecular complexity index is 1060. The predicted octanol–water partition coefficient (Wildman–Crippen LogP) is 4.38. The molecule has 0 aliphatic rings. The van der Waals surface area contributed by atoms with Gasteiger partial charge in [-0.25, -0.2) is 8.42 Å². The monoisotopic (exact) mass is 411 g/mol. The maximum atomic E-state index is 12.8. The number of nitrogens with zero attached hydrogens (tertiary/aromatic N) is 2. The fourth-order valence-electron chi connectivity index (χ4n) is 2.39. The molecule has 1 heterocycles. The van der Waals surface area contributed by atoms with Gasteiger partial charge in [-0.05, 0) is 43.2 Å². The standard InChI is InChI=1S/C17H15Cl2N3O3S/c1-10-7-16(14(19)9-13(10)18)26(23,24)22-15-6-4-3-5-12(15)8-17-20-11(2)21-25-17/h3-7,9,22H,8H2,1-2H3. The van der Waals surface area contributed by atoms with Gasteiger partial charge in [-0.15, -0.1) is 0 Å². The lowest BCUT2D eigenvalue weighted by Crippen LogP contribution is -2.15. The van der Waals surface area contributed by atoms with Crippen LogP contribution in [0.3, 0.4) is 0 Å². The Morgan fingerprint density at radius 1 is 1.12 bits per heavy atom. The number of hydrogen-bond donors (Lipinski definition) is 1. The Hall–Kier alpha value is -2.09. The summed E-state index contributed by atoms with van der Waals surface area (Å²) in [6.45, 7) is 3.43. The number of aromatic nitrogens is 2. The minimum Gasteiger partial charge on any atom is -0.339 e. The van der Waals surface area contributed by atoms with E-state index >= 15 is 0 Å². The highest BCUT2D eigenvalue weighted by Gasteiger charge is 2.21. The number of nitrogens with one attached hydrogen (secondary N) is 1. The molecule has 0 unspecified atom stereocenters. The van der Waals surface area contributed by atoms with Crippen LogP contribution in [0.5, 0.6) is 0 Å². The van der Waals surface area contributed by atoms with E-state index in [1.165, 1.54) is 12.1 Å². The van der Waals surface area contributed by atoms with Gasteiger partial charge >= 0.3 is 0 Å². The normalized spacial score (nSPS) is 11.5. The molecule has 0 saturated heterocycles. The quantitative estimate of drug-likeness (QED) is 0.672. The molecule has 2 aromatic carbocycles. The summed E-state index contributed by atoms with van der Waals surface area (Å²) >= 11 is 12.1. The molecule has 0 aliphatic carbocycles. The van der Waals surface area contributed by atoms with Gasteiger partial charge in [0.2, 0.25) is 5.89 Å². The van der Waals surface area contributed by atoms with Crippen molar-refractivity contribution in [2.24, 2.45) is 0 Å². The average molecular weight is 412 g/mol. The highest BCUT2D eigenvalue weighted by atomic mass is 35.5. The van der Waals surface area contributed by atoms with Crippen LogP contribution in [0.2, 0.25) is 10.0 Å². The molecule has 0 saturated carbocycles. The summed E-state index contributed by atoms with van der Waals surface area (Å²) < 4.78 is 33.3. The molecule has 0 atom stereocenters. The number of benzene rings is 2. The first-order chi connectivity index (χ1) is 12.3. The lowest BCUT2D eigenvalue weighted by atomic mass is 10.1. The Kier molecular flexibility index (Phi) is 5.22. The Morgan fingerprint density at radius 2 is 1.85 bits per heavy atom. The van der Waals surface area contributed by atoms with Crippen LogP contribution in [-0.4, -0.2) is 18.6 Å². The summed E-state index contributed by atoms with van der Waals surface area (Å²) in [6.07, 6.45) is 0.299. The number of hydrogen-bond acceptors (Lipinski definition) is 5. The van der Waals surface area contributed by atoms with E-state index < -0.39 is 10.0 Å². The lowest BCUT2D eigenvalue weighted by Gasteiger charge is -2.13. The fraction of sp³-hybridized carbons (Fsp3) is 0.176. The number of para-hydroxylation sites is 1. The third-order valence-corrected chi connectivity index (χ3v) is 5.91. The van der Waals surface area contributed by atoms with Gasteiger partial charge in [0.25, 0.3) is 10.0 Å². The van der Waals surface area contributed by atoms with Crippen LogP contribution in [0, 0.1) is 13.8 Å². The predicted molar refractivity (Wildman–Crippen MR) is 100 cm³/mol. The first-order valence-corrected chi connectivity index (χ1v) is 9.86. The number of halogens is 2. The fourth-order valence-corrected chi connectivity index (χ4v) is 4.32. The minimum absolute atomic E-state index is 0.0375. The molecule has 136 valence electrons. The molecule has 0 spiro atoms. The molecule has 1 aromatic heterocycles. The number of rotatable bonds is 5. The number of anilines is 1. The maximum absolute atomic E-state index is 12.8. The SMILES string of the molecule is Cc1noc(Cc2ccccc2NS(=O)(=O)c2cc(C)c(Cl)cc2Cl)n1. The van der Waals surface area contributed by atoms with E-state index in [4.69, 9.17) is 27.7 Å². The van der Waals surface area contributed by atoms with Crippen LogP contribution in [0.25, 0.3) is 0 Å². The molecule has 0 radical (unpaired) electrons. The summed E-state index contributed by atoms with van der Waals surface area (Å²) in [5.74, 6) is 0.913. The number of sulfonamides is 1. The number of aryl methyl sites for hydroxylation is 2. The molecule has 1 N–H and O–H groups in total. The van der Waals surface area contributed by atoms with Gasteiger partial charge in [-0.2, -0.15) is 4.98 Å². The van der Waals surface area contributed by atoms with Crippen molar-refractivity contribution in [2.45, 2.75) is 25.2 Å². The van der Waals surface area contributed by atoms with Crippen LogP contribution in [0.4, 0.5) is 5.69 Å². The van der Waals surface area contributed by atoms with Crippen LogP contribution in [0.15, 0.2) is 45.8 Å². The van der Waals surface area contributed by atoms with Gasteiger partial charge in [0.1, 0.15) is 4.90 Å². The molecule has 6 nitrogen and oxygen atoms in total. The summed E-state index contributed by atoms with van der Waals surface area (Å²) in [5, 5.41) is 4.20. The van der Waals surface area contributed by atoms with Crippen molar-refractivity contribution in [1.82, 2.24) is 10.1 Å². The second-order valence-corrected chi connectivity index (χ2v) is 8.17. The Labute approximate surface area is 161 Å². The van der Waals surface area contributed by atoms with Gasteiger partial charge in [0.15, 0.2) is 5.82 Å². The van der Waals surface area contributed by atoms with Crippen LogP contribution >= 0.6 is 23.2 Å². The van der Waals surface area contributed by atoms with E-state index in [1.54, 1.807) is 38.1 Å². The highest BCUT2D eigenvalue weighted by molar-refractivity contribution is 7.92. The van der Waals surface area contributed by atoms with Gasteiger partial charge in [0, 0.05) is 5.02 Å².